The van der Waals surface area contributed by atoms with Crippen molar-refractivity contribution in [2.75, 3.05) is 40.5 Å². The molecule has 1 aromatic rings. The van der Waals surface area contributed by atoms with Crippen molar-refractivity contribution in [1.82, 2.24) is 14.9 Å². The number of hydrogen-bond acceptors (Lipinski definition) is 7. The van der Waals surface area contributed by atoms with E-state index in [1.807, 2.05) is 13.8 Å². The maximum absolute atomic E-state index is 13.2. The van der Waals surface area contributed by atoms with Crippen molar-refractivity contribution in [2.24, 2.45) is 5.92 Å². The first kappa shape index (κ1) is 23.9. The van der Waals surface area contributed by atoms with Crippen LogP contribution < -0.4 is 20.1 Å². The Hall–Kier alpha value is -2.37. The van der Waals surface area contributed by atoms with E-state index in [-0.39, 0.29) is 29.7 Å². The molecule has 1 atom stereocenters. The van der Waals surface area contributed by atoms with E-state index in [0.717, 1.165) is 0 Å². The van der Waals surface area contributed by atoms with Gasteiger partial charge in [0.1, 0.15) is 6.23 Å². The molecular weight excluding hydrogens is 414 g/mol. The molecule has 1 heterocycles. The molecule has 2 amide bonds. The first-order valence-corrected chi connectivity index (χ1v) is 11.1. The van der Waals surface area contributed by atoms with Crippen LogP contribution in [-0.4, -0.2) is 71.2 Å². The summed E-state index contributed by atoms with van der Waals surface area (Å²) in [5.41, 5.74) is 0. The Morgan fingerprint density at radius 3 is 2.47 bits per heavy atom. The van der Waals surface area contributed by atoms with E-state index >= 15 is 0 Å². The topological polar surface area (TPSA) is 123 Å². The summed E-state index contributed by atoms with van der Waals surface area (Å²) >= 11 is 0. The molecule has 1 fully saturated rings. The summed E-state index contributed by atoms with van der Waals surface area (Å²) in [6.07, 6.45) is -0.426. The van der Waals surface area contributed by atoms with Gasteiger partial charge in [-0.05, 0) is 24.5 Å². The highest BCUT2D eigenvalue weighted by Crippen LogP contribution is 2.31. The highest BCUT2D eigenvalue weighted by Gasteiger charge is 2.35. The van der Waals surface area contributed by atoms with Gasteiger partial charge in [-0.2, -0.15) is 4.31 Å². The predicted molar refractivity (Wildman–Crippen MR) is 109 cm³/mol. The fourth-order valence-corrected chi connectivity index (χ4v) is 4.43. The van der Waals surface area contributed by atoms with Gasteiger partial charge in [0.25, 0.3) is 0 Å². The number of carbonyl (C=O) groups is 2. The quantitative estimate of drug-likeness (QED) is 0.555. The molecule has 2 N–H and O–H groups in total. The fourth-order valence-electron chi connectivity index (χ4n) is 2.85. The van der Waals surface area contributed by atoms with Crippen LogP contribution in [0.2, 0.25) is 0 Å². The van der Waals surface area contributed by atoms with Crippen LogP contribution in [0, 0.1) is 5.92 Å². The molecule has 10 nitrogen and oxygen atoms in total. The smallest absolute Gasteiger partial charge is 0.309 e. The van der Waals surface area contributed by atoms with Gasteiger partial charge in [-0.15, -0.1) is 0 Å². The zero-order valence-electron chi connectivity index (χ0n) is 17.6. The third-order valence-electron chi connectivity index (χ3n) is 4.43. The molecule has 2 rings (SSSR count). The van der Waals surface area contributed by atoms with Crippen LogP contribution in [0.25, 0.3) is 0 Å². The molecule has 1 aliphatic rings. The number of ether oxygens (including phenoxy) is 3. The lowest BCUT2D eigenvalue weighted by molar-refractivity contribution is -0.140. The molecule has 30 heavy (non-hydrogen) atoms. The van der Waals surface area contributed by atoms with Gasteiger partial charge in [-0.25, -0.2) is 8.42 Å². The number of methoxy groups -OCH3 is 2. The number of benzene rings is 1. The van der Waals surface area contributed by atoms with E-state index in [1.54, 1.807) is 0 Å². The number of nitrogens with one attached hydrogen (secondary N) is 2. The summed E-state index contributed by atoms with van der Waals surface area (Å²) in [5, 5.41) is 4.95. The summed E-state index contributed by atoms with van der Waals surface area (Å²) in [6.45, 7) is 4.59. The van der Waals surface area contributed by atoms with Crippen molar-refractivity contribution >= 4 is 21.8 Å². The Labute approximate surface area is 176 Å². The molecule has 0 unspecified atom stereocenters. The molecule has 168 valence electrons. The van der Waals surface area contributed by atoms with Gasteiger partial charge in [0.05, 0.1) is 32.3 Å². The number of carbonyl (C=O) groups excluding carboxylic acids is 2. The van der Waals surface area contributed by atoms with Crippen LogP contribution in [0.15, 0.2) is 23.1 Å². The fraction of sp³-hybridized carbons (Fsp3) is 0.579. The molecule has 0 saturated carbocycles. The van der Waals surface area contributed by atoms with E-state index in [2.05, 4.69) is 10.6 Å². The summed E-state index contributed by atoms with van der Waals surface area (Å²) in [6, 6.07) is 4.30. The lowest BCUT2D eigenvalue weighted by Gasteiger charge is -2.34. The zero-order chi connectivity index (χ0) is 22.3. The summed E-state index contributed by atoms with van der Waals surface area (Å²) in [7, 11) is -1.06. The molecule has 1 aliphatic heterocycles. The van der Waals surface area contributed by atoms with Gasteiger partial charge >= 0.3 is 11.8 Å². The Kier molecular flexibility index (Phi) is 8.44. The van der Waals surface area contributed by atoms with Crippen LogP contribution in [-0.2, 0) is 24.3 Å². The second kappa shape index (κ2) is 10.6. The van der Waals surface area contributed by atoms with Crippen LogP contribution in [0.5, 0.6) is 11.5 Å². The Morgan fingerprint density at radius 1 is 1.17 bits per heavy atom. The van der Waals surface area contributed by atoms with Crippen LogP contribution >= 0.6 is 0 Å². The third kappa shape index (κ3) is 5.83. The second-order valence-corrected chi connectivity index (χ2v) is 9.02. The molecule has 0 bridgehead atoms. The number of nitrogens with zero attached hydrogens (tertiary/aromatic N) is 1. The summed E-state index contributed by atoms with van der Waals surface area (Å²) in [4.78, 5) is 23.8. The first-order valence-electron chi connectivity index (χ1n) is 9.62. The number of amides is 2. The van der Waals surface area contributed by atoms with Gasteiger partial charge in [0.2, 0.25) is 10.0 Å². The average molecular weight is 444 g/mol. The van der Waals surface area contributed by atoms with Crippen molar-refractivity contribution in [2.45, 2.75) is 31.4 Å². The van der Waals surface area contributed by atoms with Gasteiger partial charge in [-0.1, -0.05) is 13.8 Å². The minimum Gasteiger partial charge on any atom is -0.493 e. The maximum Gasteiger partial charge on any atom is 0.309 e. The molecule has 0 aliphatic carbocycles. The van der Waals surface area contributed by atoms with Gasteiger partial charge in [0.15, 0.2) is 11.5 Å². The Bertz CT molecular complexity index is 858. The summed E-state index contributed by atoms with van der Waals surface area (Å²) in [5.74, 6) is -0.724. The maximum atomic E-state index is 13.2. The largest absolute Gasteiger partial charge is 0.493 e. The average Bonchev–Trinajstić information content (AvgIpc) is 2.75. The van der Waals surface area contributed by atoms with Gasteiger partial charge in [-0.3, -0.25) is 9.59 Å². The first-order chi connectivity index (χ1) is 14.2. The standard InChI is InChI=1S/C19H29N3O7S/c1-13(2)11-20-18(23)19(24)21-12-17-22(8-5-9-29-17)30(25,26)14-6-7-15(27-3)16(10-14)28-4/h6-7,10,13,17H,5,8-9,11-12H2,1-4H3,(H,20,23)(H,21,24)/t17-/m1/s1. The number of hydrogen-bond donors (Lipinski definition) is 2. The van der Waals surface area contributed by atoms with Gasteiger partial charge < -0.3 is 24.8 Å². The van der Waals surface area contributed by atoms with Crippen molar-refractivity contribution in [1.29, 1.82) is 0 Å². The molecule has 0 aromatic heterocycles. The minimum absolute atomic E-state index is 0.0108. The second-order valence-electron chi connectivity index (χ2n) is 7.13. The molecule has 11 heteroatoms. The van der Waals surface area contributed by atoms with Gasteiger partial charge in [0, 0.05) is 19.2 Å². The highest BCUT2D eigenvalue weighted by molar-refractivity contribution is 7.89. The molecular formula is C19H29N3O7S. The van der Waals surface area contributed by atoms with Crippen molar-refractivity contribution in [3.05, 3.63) is 18.2 Å². The molecule has 0 spiro atoms. The molecule has 1 saturated heterocycles. The zero-order valence-corrected chi connectivity index (χ0v) is 18.5. The number of rotatable bonds is 8. The van der Waals surface area contributed by atoms with E-state index in [1.165, 1.54) is 36.7 Å². The Balaban J connectivity index is 2.12. The monoisotopic (exact) mass is 443 g/mol. The van der Waals surface area contributed by atoms with Crippen molar-refractivity contribution in [3.63, 3.8) is 0 Å². The highest BCUT2D eigenvalue weighted by atomic mass is 32.2. The molecule has 1 aromatic carbocycles. The lowest BCUT2D eigenvalue weighted by atomic mass is 10.2. The predicted octanol–water partition coefficient (Wildman–Crippen LogP) is 0.329. The van der Waals surface area contributed by atoms with Crippen LogP contribution in [0.3, 0.4) is 0 Å². The minimum atomic E-state index is -3.94. The van der Waals surface area contributed by atoms with E-state index in [0.29, 0.717) is 25.3 Å². The van der Waals surface area contributed by atoms with Crippen LogP contribution in [0.1, 0.15) is 20.3 Å². The normalized spacial score (nSPS) is 17.4. The van der Waals surface area contributed by atoms with Crippen molar-refractivity contribution < 1.29 is 32.2 Å². The van der Waals surface area contributed by atoms with Crippen molar-refractivity contribution in [3.8, 4) is 11.5 Å². The Morgan fingerprint density at radius 2 is 1.83 bits per heavy atom. The number of sulfonamides is 1. The molecule has 0 radical (unpaired) electrons. The third-order valence-corrected chi connectivity index (χ3v) is 6.32. The summed E-state index contributed by atoms with van der Waals surface area (Å²) < 4.78 is 43.4. The SMILES string of the molecule is COc1ccc(S(=O)(=O)N2CCCO[C@@H]2CNC(=O)C(=O)NCC(C)C)cc1OC. The van der Waals surface area contributed by atoms with E-state index in [4.69, 9.17) is 14.2 Å². The van der Waals surface area contributed by atoms with E-state index < -0.39 is 28.1 Å². The van der Waals surface area contributed by atoms with E-state index in [9.17, 15) is 18.0 Å². The van der Waals surface area contributed by atoms with Crippen LogP contribution in [0.4, 0.5) is 0 Å². The lowest BCUT2D eigenvalue weighted by Crippen LogP contribution is -2.53.